The third-order valence-electron chi connectivity index (χ3n) is 3.51. The molecule has 0 aromatic heterocycles. The Morgan fingerprint density at radius 1 is 1.10 bits per heavy atom. The van der Waals surface area contributed by atoms with Crippen LogP contribution in [0.25, 0.3) is 0 Å². The van der Waals surface area contributed by atoms with Gasteiger partial charge >= 0.3 is 0 Å². The summed E-state index contributed by atoms with van der Waals surface area (Å²) in [6.07, 6.45) is 0.0826. The van der Waals surface area contributed by atoms with Crippen LogP contribution in [0.4, 0.5) is 15.8 Å². The highest BCUT2D eigenvalue weighted by molar-refractivity contribution is 6.22. The molecule has 0 spiro atoms. The molecule has 0 saturated carbocycles. The smallest absolute Gasteiger partial charge is 0.241 e. The predicted molar refractivity (Wildman–Crippen MR) is 77.1 cm³/mol. The lowest BCUT2D eigenvalue weighted by atomic mass is 9.98. The molecule has 2 N–H and O–H groups in total. The molecule has 4 nitrogen and oxygen atoms in total. The zero-order chi connectivity index (χ0) is 15.0. The fourth-order valence-corrected chi connectivity index (χ4v) is 2.57. The van der Waals surface area contributed by atoms with Crippen LogP contribution in [0.2, 0.25) is 0 Å². The molecule has 1 unspecified atom stereocenters. The van der Waals surface area contributed by atoms with Crippen LogP contribution in [0.5, 0.6) is 0 Å². The lowest BCUT2D eigenvalue weighted by Gasteiger charge is -2.15. The molecule has 3 rings (SSSR count). The third kappa shape index (κ3) is 2.38. The molecule has 1 atom stereocenters. The van der Waals surface area contributed by atoms with Crippen molar-refractivity contribution in [3.63, 3.8) is 0 Å². The van der Waals surface area contributed by atoms with Gasteiger partial charge in [0, 0.05) is 12.1 Å². The fourth-order valence-electron chi connectivity index (χ4n) is 2.57. The number of carbonyl (C=O) groups is 2. The summed E-state index contributed by atoms with van der Waals surface area (Å²) in [6, 6.07) is 12.8. The molecular weight excluding hydrogens is 271 g/mol. The molecule has 1 aliphatic rings. The van der Waals surface area contributed by atoms with Crippen molar-refractivity contribution >= 4 is 23.2 Å². The molecule has 1 heterocycles. The Morgan fingerprint density at radius 3 is 2.48 bits per heavy atom. The molecule has 2 aromatic rings. The van der Waals surface area contributed by atoms with Gasteiger partial charge in [-0.1, -0.05) is 30.3 Å². The lowest BCUT2D eigenvalue weighted by molar-refractivity contribution is -0.121. The minimum Gasteiger partial charge on any atom is -0.399 e. The van der Waals surface area contributed by atoms with E-state index in [1.54, 1.807) is 12.1 Å². The first-order valence-corrected chi connectivity index (χ1v) is 6.54. The van der Waals surface area contributed by atoms with E-state index in [4.69, 9.17) is 5.73 Å². The van der Waals surface area contributed by atoms with Gasteiger partial charge in [-0.2, -0.15) is 0 Å². The van der Waals surface area contributed by atoms with Crippen molar-refractivity contribution in [1.82, 2.24) is 0 Å². The zero-order valence-corrected chi connectivity index (χ0v) is 11.1. The van der Waals surface area contributed by atoms with E-state index in [0.29, 0.717) is 0 Å². The van der Waals surface area contributed by atoms with Gasteiger partial charge in [0.15, 0.2) is 0 Å². The van der Waals surface area contributed by atoms with Gasteiger partial charge in [-0.05, 0) is 23.8 Å². The standard InChI is InChI=1S/C16H13FN2O2/c17-11-6-12(18)8-13(7-11)19-15(20)9-14(16(19)21)10-4-2-1-3-5-10/h1-8,14H,9,18H2. The highest BCUT2D eigenvalue weighted by Crippen LogP contribution is 2.34. The molecule has 1 saturated heterocycles. The predicted octanol–water partition coefficient (Wildman–Crippen LogP) is 2.46. The van der Waals surface area contributed by atoms with Crippen LogP contribution in [0, 0.1) is 5.82 Å². The summed E-state index contributed by atoms with van der Waals surface area (Å²) in [5.41, 5.74) is 6.71. The minimum atomic E-state index is -0.575. The molecule has 21 heavy (non-hydrogen) atoms. The van der Waals surface area contributed by atoms with E-state index >= 15 is 0 Å². The SMILES string of the molecule is Nc1cc(F)cc(N2C(=O)CC(c3ccccc3)C2=O)c1. The molecule has 2 amide bonds. The Balaban J connectivity index is 1.98. The van der Waals surface area contributed by atoms with Gasteiger partial charge < -0.3 is 5.73 Å². The van der Waals surface area contributed by atoms with E-state index in [9.17, 15) is 14.0 Å². The Hall–Kier alpha value is -2.69. The summed E-state index contributed by atoms with van der Waals surface area (Å²) in [4.78, 5) is 25.6. The molecular formula is C16H13FN2O2. The maximum absolute atomic E-state index is 13.4. The van der Waals surface area contributed by atoms with Crippen molar-refractivity contribution in [2.75, 3.05) is 10.6 Å². The lowest BCUT2D eigenvalue weighted by Crippen LogP contribution is -2.30. The van der Waals surface area contributed by atoms with Gasteiger partial charge in [-0.15, -0.1) is 0 Å². The van der Waals surface area contributed by atoms with E-state index in [1.807, 2.05) is 18.2 Å². The maximum Gasteiger partial charge on any atom is 0.241 e. The van der Waals surface area contributed by atoms with Crippen LogP contribution < -0.4 is 10.6 Å². The Kier molecular flexibility index (Phi) is 3.17. The van der Waals surface area contributed by atoms with E-state index < -0.39 is 11.7 Å². The van der Waals surface area contributed by atoms with Crippen LogP contribution in [0.1, 0.15) is 17.9 Å². The number of imide groups is 1. The zero-order valence-electron chi connectivity index (χ0n) is 11.1. The minimum absolute atomic E-state index is 0.0826. The molecule has 5 heteroatoms. The number of rotatable bonds is 2. The quantitative estimate of drug-likeness (QED) is 0.680. The molecule has 0 aliphatic carbocycles. The summed E-state index contributed by atoms with van der Waals surface area (Å²) in [5, 5.41) is 0. The number of halogens is 1. The summed E-state index contributed by atoms with van der Waals surface area (Å²) in [7, 11) is 0. The van der Waals surface area contributed by atoms with Gasteiger partial charge in [0.1, 0.15) is 5.82 Å². The van der Waals surface area contributed by atoms with Crippen molar-refractivity contribution in [3.8, 4) is 0 Å². The van der Waals surface area contributed by atoms with Crippen molar-refractivity contribution in [1.29, 1.82) is 0 Å². The molecule has 1 fully saturated rings. The van der Waals surface area contributed by atoms with Crippen molar-refractivity contribution in [2.45, 2.75) is 12.3 Å². The number of carbonyl (C=O) groups excluding carboxylic acids is 2. The average Bonchev–Trinajstić information content (AvgIpc) is 2.74. The van der Waals surface area contributed by atoms with E-state index in [1.165, 1.54) is 6.07 Å². The number of anilines is 2. The topological polar surface area (TPSA) is 63.4 Å². The summed E-state index contributed by atoms with van der Waals surface area (Å²) in [5.74, 6) is -1.80. The van der Waals surface area contributed by atoms with E-state index in [-0.39, 0.29) is 29.6 Å². The Bertz CT molecular complexity index is 695. The summed E-state index contributed by atoms with van der Waals surface area (Å²) in [6.45, 7) is 0. The van der Waals surface area contributed by atoms with E-state index in [0.717, 1.165) is 22.6 Å². The molecule has 2 aromatic carbocycles. The first-order valence-electron chi connectivity index (χ1n) is 6.54. The Labute approximate surface area is 121 Å². The van der Waals surface area contributed by atoms with Crippen LogP contribution in [0.3, 0.4) is 0 Å². The van der Waals surface area contributed by atoms with Crippen LogP contribution in [-0.4, -0.2) is 11.8 Å². The van der Waals surface area contributed by atoms with Gasteiger partial charge in [0.05, 0.1) is 11.6 Å². The van der Waals surface area contributed by atoms with Crippen molar-refractivity contribution < 1.29 is 14.0 Å². The third-order valence-corrected chi connectivity index (χ3v) is 3.51. The second-order valence-corrected chi connectivity index (χ2v) is 4.98. The van der Waals surface area contributed by atoms with Gasteiger partial charge in [0.2, 0.25) is 11.8 Å². The molecule has 1 aliphatic heterocycles. The molecule has 106 valence electrons. The average molecular weight is 284 g/mol. The van der Waals surface area contributed by atoms with Crippen molar-refractivity contribution in [2.24, 2.45) is 0 Å². The molecule has 0 bridgehead atoms. The number of nitrogens with zero attached hydrogens (tertiary/aromatic N) is 1. The number of nitrogen functional groups attached to an aromatic ring is 1. The highest BCUT2D eigenvalue weighted by Gasteiger charge is 2.40. The second kappa shape index (κ2) is 5.01. The van der Waals surface area contributed by atoms with Crippen LogP contribution in [-0.2, 0) is 9.59 Å². The first-order chi connectivity index (χ1) is 10.1. The highest BCUT2D eigenvalue weighted by atomic mass is 19.1. The number of amides is 2. The fraction of sp³-hybridized carbons (Fsp3) is 0.125. The number of nitrogens with two attached hydrogens (primary N) is 1. The normalized spacial score (nSPS) is 18.3. The van der Waals surface area contributed by atoms with Gasteiger partial charge in [-0.25, -0.2) is 9.29 Å². The van der Waals surface area contributed by atoms with E-state index in [2.05, 4.69) is 0 Å². The van der Waals surface area contributed by atoms with Crippen LogP contribution in [0.15, 0.2) is 48.5 Å². The Morgan fingerprint density at radius 2 is 1.81 bits per heavy atom. The van der Waals surface area contributed by atoms with Crippen molar-refractivity contribution in [3.05, 3.63) is 59.9 Å². The summed E-state index contributed by atoms with van der Waals surface area (Å²) < 4.78 is 13.4. The van der Waals surface area contributed by atoms with Gasteiger partial charge in [-0.3, -0.25) is 9.59 Å². The van der Waals surface area contributed by atoms with Crippen LogP contribution >= 0.6 is 0 Å². The number of hydrogen-bond acceptors (Lipinski definition) is 3. The number of benzene rings is 2. The molecule has 0 radical (unpaired) electrons. The van der Waals surface area contributed by atoms with Gasteiger partial charge in [0.25, 0.3) is 0 Å². The largest absolute Gasteiger partial charge is 0.399 e. The first kappa shape index (κ1) is 13.3. The monoisotopic (exact) mass is 284 g/mol. The second-order valence-electron chi connectivity index (χ2n) is 4.98. The maximum atomic E-state index is 13.4. The number of hydrogen-bond donors (Lipinski definition) is 1. The summed E-state index contributed by atoms with van der Waals surface area (Å²) >= 11 is 0.